The molecule has 150 valence electrons. The lowest BCUT2D eigenvalue weighted by Gasteiger charge is -2.35. The zero-order valence-electron chi connectivity index (χ0n) is 16.1. The highest BCUT2D eigenvalue weighted by molar-refractivity contribution is 5.93. The molecule has 2 aromatic rings. The first-order chi connectivity index (χ1) is 13.7. The quantitative estimate of drug-likeness (QED) is 0.808. The van der Waals surface area contributed by atoms with Gasteiger partial charge in [0.15, 0.2) is 0 Å². The zero-order chi connectivity index (χ0) is 19.3. The molecule has 1 atom stereocenters. The Balaban J connectivity index is 1.34. The summed E-state index contributed by atoms with van der Waals surface area (Å²) in [5.41, 5.74) is 1.84. The maximum atomic E-state index is 12.6. The third kappa shape index (κ3) is 4.16. The van der Waals surface area contributed by atoms with Crippen molar-refractivity contribution < 1.29 is 9.32 Å². The highest BCUT2D eigenvalue weighted by Crippen LogP contribution is 2.24. The fourth-order valence-corrected chi connectivity index (χ4v) is 4.22. The first kappa shape index (κ1) is 18.9. The molecule has 0 aromatic carbocycles. The van der Waals surface area contributed by atoms with E-state index in [1.807, 2.05) is 0 Å². The second kappa shape index (κ2) is 8.68. The minimum atomic E-state index is -0.165. The summed E-state index contributed by atoms with van der Waals surface area (Å²) in [6, 6.07) is 3.44. The molecule has 0 spiro atoms. The molecular formula is C20H27N5O3. The van der Waals surface area contributed by atoms with E-state index in [1.165, 1.54) is 10.7 Å². The number of aromatic nitrogens is 3. The number of hydrogen-bond donors (Lipinski definition) is 1. The monoisotopic (exact) mass is 385 g/mol. The highest BCUT2D eigenvalue weighted by Gasteiger charge is 2.27. The van der Waals surface area contributed by atoms with Crippen LogP contribution in [0.1, 0.15) is 53.9 Å². The Kier molecular flexibility index (Phi) is 5.85. The van der Waals surface area contributed by atoms with Gasteiger partial charge in [-0.3, -0.25) is 14.5 Å². The van der Waals surface area contributed by atoms with Crippen molar-refractivity contribution in [3.8, 4) is 0 Å². The minimum absolute atomic E-state index is 0.0838. The summed E-state index contributed by atoms with van der Waals surface area (Å²) in [5.74, 6) is 0.221. The van der Waals surface area contributed by atoms with Crippen LogP contribution in [0.15, 0.2) is 27.6 Å². The fraction of sp³-hybridized carbons (Fsp3) is 0.600. The number of carbonyl (C=O) groups is 1. The van der Waals surface area contributed by atoms with Crippen LogP contribution >= 0.6 is 0 Å². The number of amides is 1. The predicted molar refractivity (Wildman–Crippen MR) is 103 cm³/mol. The molecule has 1 aliphatic heterocycles. The number of nitrogens with one attached hydrogen (secondary N) is 1. The molecule has 2 aromatic heterocycles. The van der Waals surface area contributed by atoms with Crippen molar-refractivity contribution in [2.45, 2.75) is 57.5 Å². The van der Waals surface area contributed by atoms with Gasteiger partial charge in [-0.15, -0.1) is 0 Å². The van der Waals surface area contributed by atoms with Gasteiger partial charge in [0.2, 0.25) is 5.76 Å². The van der Waals surface area contributed by atoms with E-state index in [9.17, 15) is 9.59 Å². The Bertz CT molecular complexity index is 875. The number of aryl methyl sites for hydroxylation is 1. The Morgan fingerprint density at radius 2 is 2.11 bits per heavy atom. The van der Waals surface area contributed by atoms with Crippen molar-refractivity contribution >= 4 is 5.91 Å². The third-order valence-corrected chi connectivity index (χ3v) is 5.80. The van der Waals surface area contributed by atoms with Crippen LogP contribution < -0.4 is 10.9 Å². The van der Waals surface area contributed by atoms with Crippen molar-refractivity contribution in [3.63, 3.8) is 0 Å². The Morgan fingerprint density at radius 1 is 1.21 bits per heavy atom. The predicted octanol–water partition coefficient (Wildman–Crippen LogP) is 1.39. The van der Waals surface area contributed by atoms with Gasteiger partial charge in [-0.1, -0.05) is 11.6 Å². The average Bonchev–Trinajstić information content (AvgIpc) is 3.16. The van der Waals surface area contributed by atoms with Crippen molar-refractivity contribution in [1.82, 2.24) is 25.2 Å². The summed E-state index contributed by atoms with van der Waals surface area (Å²) in [4.78, 5) is 26.8. The van der Waals surface area contributed by atoms with Crippen molar-refractivity contribution in [1.29, 1.82) is 0 Å². The number of carbonyl (C=O) groups excluding carboxylic acids is 1. The maximum Gasteiger partial charge on any atom is 0.290 e. The summed E-state index contributed by atoms with van der Waals surface area (Å²) in [6.45, 7) is 2.85. The van der Waals surface area contributed by atoms with E-state index in [2.05, 4.69) is 20.5 Å². The summed E-state index contributed by atoms with van der Waals surface area (Å²) < 4.78 is 6.83. The number of piperidine rings is 1. The van der Waals surface area contributed by atoms with Crippen LogP contribution in [0.25, 0.3) is 0 Å². The SMILES string of the molecule is O=C(NCC1CCCCN1CCn1ncccc1=O)c1onc2c1CCCC2. The molecule has 1 N–H and O–H groups in total. The second-order valence-corrected chi connectivity index (χ2v) is 7.62. The molecule has 1 unspecified atom stereocenters. The Labute approximate surface area is 163 Å². The number of fused-ring (bicyclic) bond motifs is 1. The Morgan fingerprint density at radius 3 is 3.00 bits per heavy atom. The molecule has 8 nitrogen and oxygen atoms in total. The van der Waals surface area contributed by atoms with Crippen LogP contribution in [-0.2, 0) is 19.4 Å². The van der Waals surface area contributed by atoms with E-state index >= 15 is 0 Å². The fourth-order valence-electron chi connectivity index (χ4n) is 4.22. The first-order valence-electron chi connectivity index (χ1n) is 10.2. The van der Waals surface area contributed by atoms with Crippen LogP contribution in [0.3, 0.4) is 0 Å². The maximum absolute atomic E-state index is 12.6. The van der Waals surface area contributed by atoms with E-state index in [1.54, 1.807) is 12.3 Å². The van der Waals surface area contributed by atoms with Crippen molar-refractivity contribution in [2.24, 2.45) is 0 Å². The van der Waals surface area contributed by atoms with Gasteiger partial charge in [-0.2, -0.15) is 5.10 Å². The Hall–Kier alpha value is -2.48. The molecular weight excluding hydrogens is 358 g/mol. The standard InChI is InChI=1S/C20H27N5O3/c26-18-9-5-10-22-25(18)13-12-24-11-4-3-6-15(24)14-21-20(27)19-16-7-1-2-8-17(16)23-28-19/h5,9-10,15H,1-4,6-8,11-14H2,(H,21,27). The van der Waals surface area contributed by atoms with Gasteiger partial charge in [0.1, 0.15) is 0 Å². The van der Waals surface area contributed by atoms with Gasteiger partial charge in [0.05, 0.1) is 12.2 Å². The number of nitrogens with zero attached hydrogens (tertiary/aromatic N) is 4. The van der Waals surface area contributed by atoms with E-state index < -0.39 is 0 Å². The molecule has 0 saturated carbocycles. The molecule has 3 heterocycles. The van der Waals surface area contributed by atoms with E-state index in [0.29, 0.717) is 18.8 Å². The molecule has 1 saturated heterocycles. The van der Waals surface area contributed by atoms with E-state index in [4.69, 9.17) is 4.52 Å². The van der Waals surface area contributed by atoms with Crippen LogP contribution in [0.2, 0.25) is 0 Å². The van der Waals surface area contributed by atoms with Crippen LogP contribution in [0, 0.1) is 0 Å². The number of likely N-dealkylation sites (tertiary alicyclic amines) is 1. The first-order valence-corrected chi connectivity index (χ1v) is 10.2. The molecule has 0 bridgehead atoms. The summed E-state index contributed by atoms with van der Waals surface area (Å²) in [6.07, 6.45) is 8.91. The summed E-state index contributed by atoms with van der Waals surface area (Å²) in [7, 11) is 0. The lowest BCUT2D eigenvalue weighted by Crippen LogP contribution is -2.48. The second-order valence-electron chi connectivity index (χ2n) is 7.62. The molecule has 28 heavy (non-hydrogen) atoms. The van der Waals surface area contributed by atoms with Gasteiger partial charge < -0.3 is 9.84 Å². The van der Waals surface area contributed by atoms with Gasteiger partial charge in [-0.25, -0.2) is 4.68 Å². The number of rotatable bonds is 6. The van der Waals surface area contributed by atoms with Gasteiger partial charge >= 0.3 is 0 Å². The molecule has 8 heteroatoms. The smallest absolute Gasteiger partial charge is 0.290 e. The molecule has 4 rings (SSSR count). The van der Waals surface area contributed by atoms with Gasteiger partial charge in [0, 0.05) is 37.0 Å². The van der Waals surface area contributed by atoms with Crippen molar-refractivity contribution in [3.05, 3.63) is 45.7 Å². The minimum Gasteiger partial charge on any atom is -0.350 e. The van der Waals surface area contributed by atoms with E-state index in [-0.39, 0.29) is 17.5 Å². The van der Waals surface area contributed by atoms with Gasteiger partial charge in [-0.05, 0) is 51.1 Å². The molecule has 1 aliphatic carbocycles. The molecule has 1 amide bonds. The van der Waals surface area contributed by atoms with Crippen LogP contribution in [-0.4, -0.2) is 51.4 Å². The van der Waals surface area contributed by atoms with Crippen molar-refractivity contribution in [2.75, 3.05) is 19.6 Å². The lowest BCUT2D eigenvalue weighted by molar-refractivity contribution is 0.0872. The summed E-state index contributed by atoms with van der Waals surface area (Å²) >= 11 is 0. The van der Waals surface area contributed by atoms with Crippen LogP contribution in [0.5, 0.6) is 0 Å². The summed E-state index contributed by atoms with van der Waals surface area (Å²) in [5, 5.41) is 11.2. The van der Waals surface area contributed by atoms with Crippen LogP contribution in [0.4, 0.5) is 0 Å². The molecule has 0 radical (unpaired) electrons. The zero-order valence-corrected chi connectivity index (χ0v) is 16.1. The van der Waals surface area contributed by atoms with Gasteiger partial charge in [0.25, 0.3) is 11.5 Å². The third-order valence-electron chi connectivity index (χ3n) is 5.80. The lowest BCUT2D eigenvalue weighted by atomic mass is 9.96. The normalized spacial score (nSPS) is 19.9. The largest absolute Gasteiger partial charge is 0.350 e. The topological polar surface area (TPSA) is 93.3 Å². The molecule has 1 fully saturated rings. The average molecular weight is 385 g/mol. The van der Waals surface area contributed by atoms with E-state index in [0.717, 1.165) is 69.3 Å². The highest BCUT2D eigenvalue weighted by atomic mass is 16.5. The molecule has 2 aliphatic rings. The number of hydrogen-bond acceptors (Lipinski definition) is 6.